The van der Waals surface area contributed by atoms with Crippen molar-refractivity contribution in [1.82, 2.24) is 14.9 Å². The minimum Gasteiger partial charge on any atom is -0.474 e. The van der Waals surface area contributed by atoms with Crippen LogP contribution in [0.25, 0.3) is 0 Å². The molecule has 2 fully saturated rings. The number of ether oxygens (including phenoxy) is 2. The fraction of sp³-hybridized carbons (Fsp3) is 0.522. The van der Waals surface area contributed by atoms with E-state index < -0.39 is 17.5 Å². The monoisotopic (exact) mass is 491 g/mol. The average Bonchev–Trinajstić information content (AvgIpc) is 2.82. The molecule has 1 aromatic carbocycles. The summed E-state index contributed by atoms with van der Waals surface area (Å²) in [6.07, 6.45) is 1.56. The number of carbonyl (C=O) groups is 1. The molecule has 10 nitrogen and oxygen atoms in total. The molecular weight excluding hydrogens is 462 g/mol. The van der Waals surface area contributed by atoms with E-state index in [-0.39, 0.29) is 24.0 Å². The minimum atomic E-state index is -1.66. The van der Waals surface area contributed by atoms with Gasteiger partial charge in [0.05, 0.1) is 18.8 Å². The van der Waals surface area contributed by atoms with Crippen LogP contribution in [0, 0.1) is 12.8 Å². The fourth-order valence-corrected chi connectivity index (χ4v) is 4.83. The summed E-state index contributed by atoms with van der Waals surface area (Å²) >= 11 is -1.66. The molecule has 1 aromatic heterocycles. The molecule has 184 valence electrons. The van der Waals surface area contributed by atoms with Crippen LogP contribution in [-0.4, -0.2) is 62.2 Å². The number of aromatic nitrogens is 2. The van der Waals surface area contributed by atoms with E-state index in [1.807, 2.05) is 45.0 Å². The van der Waals surface area contributed by atoms with Crippen molar-refractivity contribution in [3.63, 3.8) is 0 Å². The molecule has 1 N–H and O–H groups in total. The smallest absolute Gasteiger partial charge is 0.407 e. The summed E-state index contributed by atoms with van der Waals surface area (Å²) in [5.74, 6) is 1.62. The summed E-state index contributed by atoms with van der Waals surface area (Å²) in [6, 6.07) is 7.39. The number of amides is 1. The van der Waals surface area contributed by atoms with Gasteiger partial charge in [-0.25, -0.2) is 14.8 Å². The third-order valence-electron chi connectivity index (χ3n) is 6.18. The van der Waals surface area contributed by atoms with Gasteiger partial charge in [0.15, 0.2) is 0 Å². The number of hydrogen-bond donors (Lipinski definition) is 1. The highest BCUT2D eigenvalue weighted by Crippen LogP contribution is 2.32. The van der Waals surface area contributed by atoms with Crippen LogP contribution in [-0.2, 0) is 19.7 Å². The van der Waals surface area contributed by atoms with E-state index in [0.717, 1.165) is 5.56 Å². The van der Waals surface area contributed by atoms with Gasteiger partial charge >= 0.3 is 17.5 Å². The van der Waals surface area contributed by atoms with E-state index in [1.165, 1.54) is 11.2 Å². The predicted molar refractivity (Wildman–Crippen MR) is 123 cm³/mol. The van der Waals surface area contributed by atoms with Crippen LogP contribution in [0.4, 0.5) is 4.79 Å². The zero-order valence-corrected chi connectivity index (χ0v) is 20.2. The van der Waals surface area contributed by atoms with Crippen molar-refractivity contribution in [2.45, 2.75) is 51.7 Å². The van der Waals surface area contributed by atoms with E-state index in [2.05, 4.69) is 9.97 Å². The van der Waals surface area contributed by atoms with Crippen molar-refractivity contribution in [3.05, 3.63) is 41.7 Å². The van der Waals surface area contributed by atoms with Crippen molar-refractivity contribution < 1.29 is 31.9 Å². The number of hydrogen-bond acceptors (Lipinski definition) is 8. The number of rotatable bonds is 6. The SMILES string of the molecule is Cc1c(Oc2ccc(C3COS(=O)OC3)cc2)ncnc1O[C@@H]1CCN(C(=O)O)[C@@H](C(C)C)C1. The summed E-state index contributed by atoms with van der Waals surface area (Å²) in [5, 5.41) is 9.48. The standard InChI is InChI=1S/C23H29N3O7S/c1-14(2)20-10-19(8-9-26(20)23(27)28)33-22-15(3)21(24-13-25-22)32-18-6-4-16(5-7-18)17-11-30-34(29)31-12-17/h4-7,13-14,17,19-20H,8-12H2,1-3H3,(H,27,28)/t17?,19-,20-,34?/m1/s1. The first-order valence-electron chi connectivity index (χ1n) is 11.3. The Kier molecular flexibility index (Phi) is 7.64. The third kappa shape index (κ3) is 5.65. The molecule has 1 amide bonds. The van der Waals surface area contributed by atoms with Gasteiger partial charge in [0, 0.05) is 31.3 Å². The van der Waals surface area contributed by atoms with Gasteiger partial charge in [-0.3, -0.25) is 8.37 Å². The predicted octanol–water partition coefficient (Wildman–Crippen LogP) is 3.83. The normalized spacial score (nSPS) is 25.2. The summed E-state index contributed by atoms with van der Waals surface area (Å²) in [6.45, 7) is 6.97. The van der Waals surface area contributed by atoms with Gasteiger partial charge in [-0.2, -0.15) is 4.21 Å². The molecule has 0 unspecified atom stereocenters. The van der Waals surface area contributed by atoms with Gasteiger partial charge < -0.3 is 19.5 Å². The van der Waals surface area contributed by atoms with Gasteiger partial charge in [-0.05, 0) is 30.5 Å². The van der Waals surface area contributed by atoms with Crippen LogP contribution in [0.15, 0.2) is 30.6 Å². The molecule has 0 aliphatic carbocycles. The Labute approximate surface area is 201 Å². The molecule has 0 saturated carbocycles. The number of likely N-dealkylation sites (tertiary alicyclic amines) is 1. The van der Waals surface area contributed by atoms with Crippen molar-refractivity contribution >= 4 is 17.5 Å². The first-order chi connectivity index (χ1) is 16.3. The molecule has 0 spiro atoms. The topological polar surface area (TPSA) is 120 Å². The number of benzene rings is 1. The van der Waals surface area contributed by atoms with Crippen LogP contribution in [0.5, 0.6) is 17.5 Å². The lowest BCUT2D eigenvalue weighted by Crippen LogP contribution is -2.50. The molecule has 2 aromatic rings. The lowest BCUT2D eigenvalue weighted by molar-refractivity contribution is 0.0360. The van der Waals surface area contributed by atoms with E-state index in [4.69, 9.17) is 17.8 Å². The quantitative estimate of drug-likeness (QED) is 0.642. The third-order valence-corrected chi connectivity index (χ3v) is 6.84. The van der Waals surface area contributed by atoms with Crippen LogP contribution < -0.4 is 9.47 Å². The Balaban J connectivity index is 1.41. The highest BCUT2D eigenvalue weighted by atomic mass is 32.2. The molecule has 4 rings (SSSR count). The van der Waals surface area contributed by atoms with Crippen LogP contribution >= 0.6 is 0 Å². The van der Waals surface area contributed by atoms with E-state index >= 15 is 0 Å². The second-order valence-electron chi connectivity index (χ2n) is 8.80. The minimum absolute atomic E-state index is 0.00903. The largest absolute Gasteiger partial charge is 0.474 e. The molecule has 3 heterocycles. The van der Waals surface area contributed by atoms with Gasteiger partial charge in [0.2, 0.25) is 11.8 Å². The molecule has 0 radical (unpaired) electrons. The highest BCUT2D eigenvalue weighted by molar-refractivity contribution is 7.75. The van der Waals surface area contributed by atoms with E-state index in [0.29, 0.717) is 55.7 Å². The summed E-state index contributed by atoms with van der Waals surface area (Å²) < 4.78 is 33.4. The van der Waals surface area contributed by atoms with Crippen molar-refractivity contribution in [1.29, 1.82) is 0 Å². The Morgan fingerprint density at radius 3 is 2.50 bits per heavy atom. The number of nitrogens with zero attached hydrogens (tertiary/aromatic N) is 3. The maximum atomic E-state index is 11.6. The second-order valence-corrected chi connectivity index (χ2v) is 9.68. The zero-order chi connectivity index (χ0) is 24.2. The molecule has 11 heteroatoms. The van der Waals surface area contributed by atoms with Crippen molar-refractivity contribution in [2.24, 2.45) is 5.92 Å². The Morgan fingerprint density at radius 1 is 1.18 bits per heavy atom. The van der Waals surface area contributed by atoms with Crippen molar-refractivity contribution in [2.75, 3.05) is 19.8 Å². The molecule has 2 saturated heterocycles. The maximum Gasteiger partial charge on any atom is 0.407 e. The van der Waals surface area contributed by atoms with E-state index in [9.17, 15) is 14.1 Å². The molecule has 2 aliphatic rings. The Morgan fingerprint density at radius 2 is 1.85 bits per heavy atom. The average molecular weight is 492 g/mol. The summed E-state index contributed by atoms with van der Waals surface area (Å²) in [5.41, 5.74) is 1.67. The second kappa shape index (κ2) is 10.7. The first kappa shape index (κ1) is 24.4. The first-order valence-corrected chi connectivity index (χ1v) is 12.3. The molecule has 0 bridgehead atoms. The van der Waals surface area contributed by atoms with Crippen LogP contribution in [0.2, 0.25) is 0 Å². The maximum absolute atomic E-state index is 11.6. The van der Waals surface area contributed by atoms with Gasteiger partial charge in [-0.1, -0.05) is 26.0 Å². The summed E-state index contributed by atoms with van der Waals surface area (Å²) in [4.78, 5) is 21.6. The lowest BCUT2D eigenvalue weighted by Gasteiger charge is -2.39. The van der Waals surface area contributed by atoms with E-state index in [1.54, 1.807) is 0 Å². The fourth-order valence-electron chi connectivity index (χ4n) is 4.21. The number of carboxylic acid groups (broad SMARTS) is 1. The molecule has 2 aliphatic heterocycles. The summed E-state index contributed by atoms with van der Waals surface area (Å²) in [7, 11) is 0. The number of piperidine rings is 1. The van der Waals surface area contributed by atoms with Gasteiger partial charge in [-0.15, -0.1) is 0 Å². The Hall–Kier alpha value is -2.76. The highest BCUT2D eigenvalue weighted by Gasteiger charge is 2.35. The van der Waals surface area contributed by atoms with Gasteiger partial charge in [0.25, 0.3) is 0 Å². The Bertz CT molecular complexity index is 1020. The van der Waals surface area contributed by atoms with Gasteiger partial charge in [0.1, 0.15) is 18.2 Å². The molecule has 2 atom stereocenters. The van der Waals surface area contributed by atoms with Crippen LogP contribution in [0.3, 0.4) is 0 Å². The zero-order valence-electron chi connectivity index (χ0n) is 19.4. The lowest BCUT2D eigenvalue weighted by atomic mass is 9.91. The van der Waals surface area contributed by atoms with Crippen LogP contribution in [0.1, 0.15) is 43.7 Å². The van der Waals surface area contributed by atoms with Crippen molar-refractivity contribution in [3.8, 4) is 17.5 Å². The molecule has 34 heavy (non-hydrogen) atoms. The molecular formula is C23H29N3O7S.